The summed E-state index contributed by atoms with van der Waals surface area (Å²) in [4.78, 5) is 25.2. The zero-order chi connectivity index (χ0) is 25.6. The van der Waals surface area contributed by atoms with Crippen LogP contribution in [0.2, 0.25) is 0 Å². The van der Waals surface area contributed by atoms with E-state index in [9.17, 15) is 19.3 Å². The van der Waals surface area contributed by atoms with Crippen molar-refractivity contribution in [1.82, 2.24) is 5.32 Å². The molecule has 1 unspecified atom stereocenters. The van der Waals surface area contributed by atoms with Crippen molar-refractivity contribution in [1.29, 1.82) is 0 Å². The van der Waals surface area contributed by atoms with Gasteiger partial charge in [0.15, 0.2) is 5.75 Å². The molecule has 1 amide bonds. The zero-order valence-corrected chi connectivity index (χ0v) is 23.9. The molecule has 0 bridgehead atoms. The van der Waals surface area contributed by atoms with Gasteiger partial charge in [0.1, 0.15) is 17.5 Å². The number of phenolic OH excluding ortho intramolecular Hbond substituents is 1. The largest absolute Gasteiger partial charge is 0.507 e. The molecule has 0 saturated carbocycles. The standard InChI is InChI=1S/C24H30Br2NO6P/c1-6-9-32-24(30)21(14(2)3)27-23(29)17-12-16(7-8-20(17)28)33-22-18(25)10-15(11-19(22)26)13-34(4,5)31/h7-8,10-12,14,21,28H,6,9,13H2,1-5H3,(H,27,29). The highest BCUT2D eigenvalue weighted by atomic mass is 79.9. The number of hydrogen-bond donors (Lipinski definition) is 2. The molecule has 0 heterocycles. The van der Waals surface area contributed by atoms with E-state index in [4.69, 9.17) is 9.47 Å². The van der Waals surface area contributed by atoms with Crippen molar-refractivity contribution in [2.45, 2.75) is 39.4 Å². The summed E-state index contributed by atoms with van der Waals surface area (Å²) in [6.45, 7) is 9.21. The molecule has 0 saturated heterocycles. The second kappa shape index (κ2) is 12.2. The van der Waals surface area contributed by atoms with E-state index >= 15 is 0 Å². The van der Waals surface area contributed by atoms with E-state index in [0.717, 1.165) is 5.56 Å². The monoisotopic (exact) mass is 617 g/mol. The van der Waals surface area contributed by atoms with Crippen LogP contribution in [0.1, 0.15) is 43.1 Å². The van der Waals surface area contributed by atoms with E-state index in [2.05, 4.69) is 37.2 Å². The fourth-order valence-electron chi connectivity index (χ4n) is 3.13. The van der Waals surface area contributed by atoms with Crippen LogP contribution in [0.4, 0.5) is 0 Å². The summed E-state index contributed by atoms with van der Waals surface area (Å²) >= 11 is 6.97. The molecule has 2 rings (SSSR count). The maximum atomic E-state index is 12.9. The van der Waals surface area contributed by atoms with Gasteiger partial charge in [0.05, 0.1) is 28.3 Å². The van der Waals surface area contributed by atoms with Gasteiger partial charge >= 0.3 is 5.97 Å². The van der Waals surface area contributed by atoms with Gasteiger partial charge in [-0.3, -0.25) is 4.79 Å². The topological polar surface area (TPSA) is 102 Å². The van der Waals surface area contributed by atoms with Gasteiger partial charge in [0.2, 0.25) is 0 Å². The fourth-order valence-corrected chi connectivity index (χ4v) is 5.63. The molecule has 2 aromatic rings. The first-order valence-electron chi connectivity index (χ1n) is 10.8. The quantitative estimate of drug-likeness (QED) is 0.232. The minimum absolute atomic E-state index is 0.0341. The van der Waals surface area contributed by atoms with Crippen LogP contribution < -0.4 is 10.1 Å². The molecule has 0 aromatic heterocycles. The van der Waals surface area contributed by atoms with Crippen molar-refractivity contribution in [2.24, 2.45) is 5.92 Å². The summed E-state index contributed by atoms with van der Waals surface area (Å²) < 4.78 is 24.6. The van der Waals surface area contributed by atoms with Crippen LogP contribution >= 0.6 is 39.0 Å². The van der Waals surface area contributed by atoms with Gasteiger partial charge in [0, 0.05) is 6.16 Å². The lowest BCUT2D eigenvalue weighted by atomic mass is 10.0. The molecule has 0 aliphatic rings. The number of rotatable bonds is 10. The Bertz CT molecular complexity index is 1080. The third-order valence-corrected chi connectivity index (χ3v) is 7.01. The highest BCUT2D eigenvalue weighted by molar-refractivity contribution is 9.11. The Morgan fingerprint density at radius 1 is 1.12 bits per heavy atom. The summed E-state index contributed by atoms with van der Waals surface area (Å²) in [5.41, 5.74) is 0.855. The molecule has 0 aliphatic carbocycles. The summed E-state index contributed by atoms with van der Waals surface area (Å²) in [7, 11) is -2.25. The number of ether oxygens (including phenoxy) is 2. The normalized spacial score (nSPS) is 12.4. The van der Waals surface area contributed by atoms with Gasteiger partial charge in [0.25, 0.3) is 5.91 Å². The molecular weight excluding hydrogens is 589 g/mol. The van der Waals surface area contributed by atoms with Crippen LogP contribution in [0.25, 0.3) is 0 Å². The molecule has 10 heteroatoms. The second-order valence-electron chi connectivity index (χ2n) is 8.76. The van der Waals surface area contributed by atoms with E-state index < -0.39 is 25.1 Å². The van der Waals surface area contributed by atoms with Gasteiger partial charge in [-0.2, -0.15) is 0 Å². The van der Waals surface area contributed by atoms with Crippen molar-refractivity contribution in [3.8, 4) is 17.2 Å². The highest BCUT2D eigenvalue weighted by Gasteiger charge is 2.27. The lowest BCUT2D eigenvalue weighted by Crippen LogP contribution is -2.45. The molecule has 0 aliphatic heterocycles. The Balaban J connectivity index is 2.27. The van der Waals surface area contributed by atoms with Gasteiger partial charge in [-0.25, -0.2) is 4.79 Å². The number of hydrogen-bond acceptors (Lipinski definition) is 6. The van der Waals surface area contributed by atoms with Gasteiger partial charge in [-0.15, -0.1) is 0 Å². The number of nitrogens with one attached hydrogen (secondary N) is 1. The molecular formula is C24H30Br2NO6P. The fraction of sp³-hybridized carbons (Fsp3) is 0.417. The smallest absolute Gasteiger partial charge is 0.328 e. The molecule has 0 radical (unpaired) electrons. The Kier molecular flexibility index (Phi) is 10.2. The van der Waals surface area contributed by atoms with Gasteiger partial charge in [-0.05, 0) is 93.4 Å². The van der Waals surface area contributed by atoms with E-state index in [1.54, 1.807) is 27.2 Å². The molecule has 0 fully saturated rings. The molecule has 2 aromatic carbocycles. The van der Waals surface area contributed by atoms with E-state index in [1.165, 1.54) is 18.2 Å². The SMILES string of the molecule is CCCOC(=O)C(NC(=O)c1cc(Oc2c(Br)cc(CP(C)(C)=O)cc2Br)ccc1O)C(C)C. The Hall–Kier alpha value is -1.83. The van der Waals surface area contributed by atoms with Crippen molar-refractivity contribution >= 4 is 50.9 Å². The Morgan fingerprint density at radius 2 is 1.74 bits per heavy atom. The first-order valence-corrected chi connectivity index (χ1v) is 15.2. The average molecular weight is 619 g/mol. The van der Waals surface area contributed by atoms with Gasteiger partial charge < -0.3 is 24.5 Å². The number of halogens is 2. The minimum Gasteiger partial charge on any atom is -0.507 e. The first kappa shape index (κ1) is 28.4. The lowest BCUT2D eigenvalue weighted by molar-refractivity contribution is -0.147. The van der Waals surface area contributed by atoms with Crippen molar-refractivity contribution in [3.63, 3.8) is 0 Å². The number of phenols is 1. The number of carbonyl (C=O) groups excluding carboxylic acids is 2. The number of amides is 1. The summed E-state index contributed by atoms with van der Waals surface area (Å²) in [5.74, 6) is -0.820. The summed E-state index contributed by atoms with van der Waals surface area (Å²) in [6, 6.07) is 7.10. The lowest BCUT2D eigenvalue weighted by Gasteiger charge is -2.21. The predicted octanol–water partition coefficient (Wildman–Crippen LogP) is 6.54. The Labute approximate surface area is 217 Å². The average Bonchev–Trinajstić information content (AvgIpc) is 2.72. The predicted molar refractivity (Wildman–Crippen MR) is 141 cm³/mol. The summed E-state index contributed by atoms with van der Waals surface area (Å²) in [5, 5.41) is 12.9. The van der Waals surface area contributed by atoms with Crippen LogP contribution in [-0.4, -0.2) is 43.0 Å². The minimum atomic E-state index is -2.25. The summed E-state index contributed by atoms with van der Waals surface area (Å²) in [6.07, 6.45) is 1.12. The molecule has 2 N–H and O–H groups in total. The van der Waals surface area contributed by atoms with E-state index in [-0.39, 0.29) is 23.8 Å². The van der Waals surface area contributed by atoms with E-state index in [0.29, 0.717) is 33.0 Å². The van der Waals surface area contributed by atoms with Crippen LogP contribution in [0.3, 0.4) is 0 Å². The third kappa shape index (κ3) is 8.14. The van der Waals surface area contributed by atoms with Crippen LogP contribution in [0, 0.1) is 5.92 Å². The first-order chi connectivity index (χ1) is 15.8. The zero-order valence-electron chi connectivity index (χ0n) is 19.9. The molecule has 0 spiro atoms. The van der Waals surface area contributed by atoms with Crippen LogP contribution in [-0.2, 0) is 20.3 Å². The maximum absolute atomic E-state index is 12.9. The highest BCUT2D eigenvalue weighted by Crippen LogP contribution is 2.44. The van der Waals surface area contributed by atoms with Crippen LogP contribution in [0.5, 0.6) is 17.2 Å². The van der Waals surface area contributed by atoms with E-state index in [1.807, 2.05) is 19.1 Å². The number of aromatic hydroxyl groups is 1. The number of carbonyl (C=O) groups is 2. The number of esters is 1. The molecule has 34 heavy (non-hydrogen) atoms. The molecule has 1 atom stereocenters. The third-order valence-electron chi connectivity index (χ3n) is 4.71. The van der Waals surface area contributed by atoms with Crippen molar-refractivity contribution < 1.29 is 28.7 Å². The van der Waals surface area contributed by atoms with Crippen molar-refractivity contribution in [3.05, 3.63) is 50.4 Å². The second-order valence-corrected chi connectivity index (χ2v) is 13.9. The maximum Gasteiger partial charge on any atom is 0.328 e. The Morgan fingerprint density at radius 3 is 2.26 bits per heavy atom. The van der Waals surface area contributed by atoms with Crippen LogP contribution in [0.15, 0.2) is 39.3 Å². The van der Waals surface area contributed by atoms with Crippen molar-refractivity contribution in [2.75, 3.05) is 19.9 Å². The van der Waals surface area contributed by atoms with Gasteiger partial charge in [-0.1, -0.05) is 20.8 Å². The molecule has 7 nitrogen and oxygen atoms in total. The number of benzene rings is 2. The molecule has 186 valence electrons.